The summed E-state index contributed by atoms with van der Waals surface area (Å²) in [7, 11) is 0. The van der Waals surface area contributed by atoms with E-state index in [1.807, 2.05) is 12.1 Å². The molecule has 1 aliphatic rings. The molecule has 37 heavy (non-hydrogen) atoms. The minimum Gasteiger partial charge on any atom is -0.301 e. The molecule has 0 aliphatic carbocycles. The number of para-hydroxylation sites is 1. The number of aromatic nitrogens is 2. The summed E-state index contributed by atoms with van der Waals surface area (Å²) in [6.07, 6.45) is 0.780. The maximum atomic E-state index is 13.1. The van der Waals surface area contributed by atoms with Crippen molar-refractivity contribution in [1.82, 2.24) is 18.9 Å². The summed E-state index contributed by atoms with van der Waals surface area (Å²) in [5.74, 6) is 0.234. The molecular weight excluding hydrogens is 460 g/mol. The topological polar surface area (TPSA) is 81.1 Å². The zero-order chi connectivity index (χ0) is 25.8. The molecule has 0 amide bonds. The maximum Gasteiger partial charge on any atom is 0.262 e. The van der Waals surface area contributed by atoms with Gasteiger partial charge in [0.1, 0.15) is 5.84 Å². The van der Waals surface area contributed by atoms with Crippen LogP contribution in [0.2, 0.25) is 0 Å². The van der Waals surface area contributed by atoms with Crippen LogP contribution in [0.3, 0.4) is 0 Å². The largest absolute Gasteiger partial charge is 0.301 e. The van der Waals surface area contributed by atoms with E-state index in [2.05, 4.69) is 70.5 Å². The fraction of sp³-hybridized carbons (Fsp3) is 0.300. The Morgan fingerprint density at radius 2 is 1.38 bits per heavy atom. The molecule has 7 heteroatoms. The molecule has 1 aromatic heterocycles. The zero-order valence-corrected chi connectivity index (χ0v) is 21.3. The van der Waals surface area contributed by atoms with E-state index in [1.54, 1.807) is 23.6 Å². The van der Waals surface area contributed by atoms with E-state index in [0.29, 0.717) is 17.4 Å². The second kappa shape index (κ2) is 11.1. The first-order valence-corrected chi connectivity index (χ1v) is 13.0. The van der Waals surface area contributed by atoms with Crippen LogP contribution in [0.4, 0.5) is 0 Å². The predicted octanol–water partition coefficient (Wildman–Crippen LogP) is 3.93. The molecule has 3 aromatic carbocycles. The normalized spacial score (nSPS) is 14.9. The van der Waals surface area contributed by atoms with Crippen LogP contribution in [0.1, 0.15) is 30.5 Å². The van der Waals surface area contributed by atoms with E-state index >= 15 is 0 Å². The average Bonchev–Trinajstić information content (AvgIpc) is 2.93. The van der Waals surface area contributed by atoms with Crippen molar-refractivity contribution in [2.45, 2.75) is 25.9 Å². The second-order valence-electron chi connectivity index (χ2n) is 9.67. The first kappa shape index (κ1) is 24.9. The summed E-state index contributed by atoms with van der Waals surface area (Å²) in [6.45, 7) is 6.87. The first-order valence-electron chi connectivity index (χ1n) is 13.0. The van der Waals surface area contributed by atoms with Gasteiger partial charge in [-0.25, -0.2) is 0 Å². The van der Waals surface area contributed by atoms with Crippen molar-refractivity contribution in [2.75, 3.05) is 32.7 Å². The Kier molecular flexibility index (Phi) is 7.44. The molecule has 0 radical (unpaired) electrons. The van der Waals surface area contributed by atoms with Crippen LogP contribution in [-0.4, -0.2) is 57.5 Å². The highest BCUT2D eigenvalue weighted by Crippen LogP contribution is 2.29. The monoisotopic (exact) mass is 494 g/mol. The molecule has 0 spiro atoms. The van der Waals surface area contributed by atoms with Gasteiger partial charge in [-0.15, -0.1) is 0 Å². The van der Waals surface area contributed by atoms with Crippen molar-refractivity contribution in [3.63, 3.8) is 0 Å². The molecule has 190 valence electrons. The number of nitrogens with zero attached hydrogens (tertiary/aromatic N) is 4. The molecule has 0 unspecified atom stereocenters. The lowest BCUT2D eigenvalue weighted by atomic mass is 9.96. The van der Waals surface area contributed by atoms with Gasteiger partial charge in [-0.2, -0.15) is 0 Å². The Morgan fingerprint density at radius 3 is 1.97 bits per heavy atom. The number of nitrogens with one attached hydrogen (secondary N) is 2. The molecule has 0 saturated carbocycles. The van der Waals surface area contributed by atoms with Crippen molar-refractivity contribution in [1.29, 1.82) is 10.8 Å². The number of piperazine rings is 1. The maximum absolute atomic E-state index is 13.1. The summed E-state index contributed by atoms with van der Waals surface area (Å²) < 4.78 is 3.06. The van der Waals surface area contributed by atoms with Crippen LogP contribution in [-0.2, 0) is 6.54 Å². The number of rotatable bonds is 7. The zero-order valence-electron chi connectivity index (χ0n) is 21.3. The van der Waals surface area contributed by atoms with E-state index in [1.165, 1.54) is 15.7 Å². The third kappa shape index (κ3) is 5.19. The van der Waals surface area contributed by atoms with Gasteiger partial charge in [-0.3, -0.25) is 29.6 Å². The molecule has 1 aliphatic heterocycles. The van der Waals surface area contributed by atoms with Crippen LogP contribution in [0.15, 0.2) is 89.7 Å². The lowest BCUT2D eigenvalue weighted by Gasteiger charge is -2.39. The highest BCUT2D eigenvalue weighted by molar-refractivity contribution is 5.90. The number of fused-ring (bicyclic) bond motifs is 1. The summed E-state index contributed by atoms with van der Waals surface area (Å²) >= 11 is 0. The molecule has 1 fully saturated rings. The van der Waals surface area contributed by atoms with E-state index in [4.69, 9.17) is 10.8 Å². The lowest BCUT2D eigenvalue weighted by Crippen LogP contribution is -2.48. The Morgan fingerprint density at radius 1 is 0.811 bits per heavy atom. The third-order valence-corrected chi connectivity index (χ3v) is 7.28. The quantitative estimate of drug-likeness (QED) is 0.302. The predicted molar refractivity (Wildman–Crippen MR) is 148 cm³/mol. The molecule has 5 rings (SSSR count). The molecule has 2 heterocycles. The molecule has 1 saturated heterocycles. The van der Waals surface area contributed by atoms with Crippen LogP contribution in [0.5, 0.6) is 0 Å². The van der Waals surface area contributed by atoms with Crippen LogP contribution in [0, 0.1) is 10.8 Å². The molecule has 0 bridgehead atoms. The van der Waals surface area contributed by atoms with Crippen LogP contribution in [0.25, 0.3) is 10.9 Å². The van der Waals surface area contributed by atoms with E-state index in [0.717, 1.165) is 39.1 Å². The first-order chi connectivity index (χ1) is 18.0. The molecular formula is C30H34N6O. The smallest absolute Gasteiger partial charge is 0.262 e. The summed E-state index contributed by atoms with van der Waals surface area (Å²) in [6, 6.07) is 28.9. The second-order valence-corrected chi connectivity index (χ2v) is 9.67. The van der Waals surface area contributed by atoms with E-state index < -0.39 is 0 Å². The van der Waals surface area contributed by atoms with Gasteiger partial charge in [0.25, 0.3) is 5.56 Å². The third-order valence-electron chi connectivity index (χ3n) is 7.28. The van der Waals surface area contributed by atoms with Crippen molar-refractivity contribution in [3.8, 4) is 0 Å². The van der Waals surface area contributed by atoms with Crippen LogP contribution < -0.4 is 11.2 Å². The van der Waals surface area contributed by atoms with Gasteiger partial charge in [-0.05, 0) is 43.1 Å². The highest BCUT2D eigenvalue weighted by Gasteiger charge is 2.26. The average molecular weight is 495 g/mol. The Balaban J connectivity index is 1.26. The summed E-state index contributed by atoms with van der Waals surface area (Å²) in [4.78, 5) is 18.1. The Bertz CT molecular complexity index is 1440. The summed E-state index contributed by atoms with van der Waals surface area (Å²) in [5.41, 5.74) is 3.15. The molecule has 2 N–H and O–H groups in total. The lowest BCUT2D eigenvalue weighted by molar-refractivity contribution is 0.107. The van der Waals surface area contributed by atoms with Gasteiger partial charge in [0.15, 0.2) is 0 Å². The van der Waals surface area contributed by atoms with E-state index in [9.17, 15) is 4.79 Å². The van der Waals surface area contributed by atoms with Gasteiger partial charge in [-0.1, -0.05) is 72.8 Å². The van der Waals surface area contributed by atoms with Gasteiger partial charge in [0, 0.05) is 32.7 Å². The number of hydrogen-bond donors (Lipinski definition) is 2. The van der Waals surface area contributed by atoms with Crippen molar-refractivity contribution >= 4 is 16.7 Å². The summed E-state index contributed by atoms with van der Waals surface area (Å²) in [5, 5.41) is 17.3. The number of hydrogen-bond acceptors (Lipinski definition) is 5. The molecule has 7 nitrogen and oxygen atoms in total. The minimum absolute atomic E-state index is 0.0644. The SMILES string of the molecule is CC(=N)n1c(=N)n(CCCN2CCN(C(c3ccccc3)c3ccccc3)CC2)c(=O)c2ccccc21. The van der Waals surface area contributed by atoms with Crippen molar-refractivity contribution in [3.05, 3.63) is 112 Å². The fourth-order valence-corrected chi connectivity index (χ4v) is 5.46. The van der Waals surface area contributed by atoms with Crippen molar-refractivity contribution in [2.24, 2.45) is 0 Å². The molecule has 0 atom stereocenters. The standard InChI is InChI=1S/C30H34N6O/c1-23(31)36-27-16-9-8-15-26(27)29(37)35(30(36)32)18-10-17-33-19-21-34(22-20-33)28(24-11-4-2-5-12-24)25-13-6-3-7-14-25/h2-9,11-16,28,31-32H,10,17-22H2,1H3. The van der Waals surface area contributed by atoms with E-state index in [-0.39, 0.29) is 23.1 Å². The van der Waals surface area contributed by atoms with Gasteiger partial charge in [0.2, 0.25) is 5.62 Å². The Hall–Kier alpha value is -3.81. The van der Waals surface area contributed by atoms with Crippen LogP contribution >= 0.6 is 0 Å². The fourth-order valence-electron chi connectivity index (χ4n) is 5.46. The minimum atomic E-state index is -0.156. The van der Waals surface area contributed by atoms with Gasteiger partial charge >= 0.3 is 0 Å². The van der Waals surface area contributed by atoms with Gasteiger partial charge in [0.05, 0.1) is 16.9 Å². The molecule has 4 aromatic rings. The number of benzene rings is 3. The Labute approximate surface area is 217 Å². The van der Waals surface area contributed by atoms with Gasteiger partial charge < -0.3 is 4.90 Å². The highest BCUT2D eigenvalue weighted by atomic mass is 16.1. The van der Waals surface area contributed by atoms with Crippen molar-refractivity contribution < 1.29 is 0 Å².